The van der Waals surface area contributed by atoms with E-state index < -0.39 is 0 Å². The number of hydrogen-bond donors (Lipinski definition) is 0. The molecule has 0 radical (unpaired) electrons. The van der Waals surface area contributed by atoms with Gasteiger partial charge in [-0.05, 0) is 36.2 Å². The molecule has 18 heavy (non-hydrogen) atoms. The molecule has 92 valence electrons. The Morgan fingerprint density at radius 2 is 1.72 bits per heavy atom. The molecule has 0 saturated carbocycles. The Kier molecular flexibility index (Phi) is 4.56. The molecule has 0 saturated heterocycles. The summed E-state index contributed by atoms with van der Waals surface area (Å²) in [4.78, 5) is 12.0. The maximum atomic E-state index is 12.0. The average molecular weight is 324 g/mol. The van der Waals surface area contributed by atoms with E-state index >= 15 is 0 Å². The first-order valence-corrected chi connectivity index (χ1v) is 6.86. The summed E-state index contributed by atoms with van der Waals surface area (Å²) in [6.07, 6.45) is 1.21. The van der Waals surface area contributed by atoms with Gasteiger partial charge in [0, 0.05) is 16.5 Å². The van der Waals surface area contributed by atoms with Gasteiger partial charge < -0.3 is 0 Å². The van der Waals surface area contributed by atoms with Gasteiger partial charge in [0.05, 0.1) is 5.02 Å². The molecular formula is C15H12BrClO. The van der Waals surface area contributed by atoms with Gasteiger partial charge >= 0.3 is 0 Å². The molecule has 2 aromatic rings. The van der Waals surface area contributed by atoms with Crippen molar-refractivity contribution in [3.05, 3.63) is 69.2 Å². The molecule has 0 aromatic heterocycles. The SMILES string of the molecule is O=C(CCc1ccc(Br)cc1)c1ccccc1Cl. The normalized spacial score (nSPS) is 10.3. The van der Waals surface area contributed by atoms with Crippen LogP contribution < -0.4 is 0 Å². The van der Waals surface area contributed by atoms with Crippen molar-refractivity contribution in [3.8, 4) is 0 Å². The van der Waals surface area contributed by atoms with Crippen molar-refractivity contribution >= 4 is 33.3 Å². The number of halogens is 2. The van der Waals surface area contributed by atoms with E-state index in [4.69, 9.17) is 11.6 Å². The van der Waals surface area contributed by atoms with Crippen LogP contribution in [-0.2, 0) is 6.42 Å². The second-order valence-corrected chi connectivity index (χ2v) is 5.35. The summed E-state index contributed by atoms with van der Waals surface area (Å²) in [6.45, 7) is 0. The number of benzene rings is 2. The van der Waals surface area contributed by atoms with Gasteiger partial charge in [0.2, 0.25) is 0 Å². The Bertz CT molecular complexity index is 549. The van der Waals surface area contributed by atoms with Crippen molar-refractivity contribution in [1.82, 2.24) is 0 Å². The van der Waals surface area contributed by atoms with E-state index in [-0.39, 0.29) is 5.78 Å². The minimum Gasteiger partial charge on any atom is -0.294 e. The summed E-state index contributed by atoms with van der Waals surface area (Å²) in [7, 11) is 0. The number of ketones is 1. The summed E-state index contributed by atoms with van der Waals surface area (Å²) in [5.41, 5.74) is 1.76. The fraction of sp³-hybridized carbons (Fsp3) is 0.133. The lowest BCUT2D eigenvalue weighted by Crippen LogP contribution is -2.01. The predicted molar refractivity (Wildman–Crippen MR) is 78.2 cm³/mol. The van der Waals surface area contributed by atoms with Gasteiger partial charge in [-0.1, -0.05) is 51.8 Å². The van der Waals surface area contributed by atoms with E-state index in [1.54, 1.807) is 12.1 Å². The quantitative estimate of drug-likeness (QED) is 0.730. The third-order valence-corrected chi connectivity index (χ3v) is 3.59. The maximum Gasteiger partial charge on any atom is 0.164 e. The molecule has 0 fully saturated rings. The Morgan fingerprint density at radius 3 is 2.39 bits per heavy atom. The van der Waals surface area contributed by atoms with Crippen LogP contribution in [0.15, 0.2) is 53.0 Å². The zero-order chi connectivity index (χ0) is 13.0. The van der Waals surface area contributed by atoms with Crippen LogP contribution in [0.2, 0.25) is 5.02 Å². The second-order valence-electron chi connectivity index (χ2n) is 4.03. The first-order valence-electron chi connectivity index (χ1n) is 5.69. The van der Waals surface area contributed by atoms with Crippen LogP contribution in [0.3, 0.4) is 0 Å². The van der Waals surface area contributed by atoms with Crippen LogP contribution in [0.25, 0.3) is 0 Å². The fourth-order valence-corrected chi connectivity index (χ4v) is 2.24. The van der Waals surface area contributed by atoms with E-state index in [9.17, 15) is 4.79 Å². The van der Waals surface area contributed by atoms with Crippen molar-refractivity contribution < 1.29 is 4.79 Å². The number of hydrogen-bond acceptors (Lipinski definition) is 1. The summed E-state index contributed by atoms with van der Waals surface area (Å²) in [6, 6.07) is 15.2. The van der Waals surface area contributed by atoms with Crippen LogP contribution in [-0.4, -0.2) is 5.78 Å². The van der Waals surface area contributed by atoms with Gasteiger partial charge in [0.1, 0.15) is 0 Å². The average Bonchev–Trinajstić information content (AvgIpc) is 2.38. The molecule has 0 atom stereocenters. The molecule has 0 N–H and O–H groups in total. The van der Waals surface area contributed by atoms with Crippen LogP contribution in [0.4, 0.5) is 0 Å². The third kappa shape index (κ3) is 3.44. The maximum absolute atomic E-state index is 12.0. The lowest BCUT2D eigenvalue weighted by molar-refractivity contribution is 0.0983. The van der Waals surface area contributed by atoms with Gasteiger partial charge in [-0.25, -0.2) is 0 Å². The van der Waals surface area contributed by atoms with Gasteiger partial charge in [0.15, 0.2) is 5.78 Å². The van der Waals surface area contributed by atoms with Gasteiger partial charge in [-0.15, -0.1) is 0 Å². The highest BCUT2D eigenvalue weighted by atomic mass is 79.9. The predicted octanol–water partition coefficient (Wildman–Crippen LogP) is 4.92. The largest absolute Gasteiger partial charge is 0.294 e. The molecule has 0 heterocycles. The van der Waals surface area contributed by atoms with Crippen LogP contribution in [0.1, 0.15) is 22.3 Å². The Balaban J connectivity index is 2.01. The molecule has 1 nitrogen and oxygen atoms in total. The van der Waals surface area contributed by atoms with Gasteiger partial charge in [0.25, 0.3) is 0 Å². The third-order valence-electron chi connectivity index (χ3n) is 2.73. The molecule has 3 heteroatoms. The molecule has 0 spiro atoms. The molecule has 0 amide bonds. The van der Waals surface area contributed by atoms with Crippen molar-refractivity contribution in [1.29, 1.82) is 0 Å². The standard InChI is InChI=1S/C15H12BrClO/c16-12-8-5-11(6-9-12)7-10-15(18)13-3-1-2-4-14(13)17/h1-6,8-9H,7,10H2. The van der Waals surface area contributed by atoms with E-state index in [1.165, 1.54) is 0 Å². The van der Waals surface area contributed by atoms with Gasteiger partial charge in [-0.2, -0.15) is 0 Å². The molecule has 0 aliphatic rings. The highest BCUT2D eigenvalue weighted by Gasteiger charge is 2.09. The zero-order valence-corrected chi connectivity index (χ0v) is 12.0. The molecule has 2 rings (SSSR count). The number of Topliss-reactive ketones (excluding diaryl/α,β-unsaturated/α-hetero) is 1. The summed E-state index contributed by atoms with van der Waals surface area (Å²) < 4.78 is 1.05. The smallest absolute Gasteiger partial charge is 0.164 e. The molecule has 0 aliphatic carbocycles. The summed E-state index contributed by atoms with van der Waals surface area (Å²) >= 11 is 9.38. The van der Waals surface area contributed by atoms with E-state index in [2.05, 4.69) is 15.9 Å². The number of rotatable bonds is 4. The number of carbonyl (C=O) groups excluding carboxylic acids is 1. The molecule has 0 bridgehead atoms. The lowest BCUT2D eigenvalue weighted by atomic mass is 10.0. The van der Waals surface area contributed by atoms with Crippen molar-refractivity contribution in [2.75, 3.05) is 0 Å². The fourth-order valence-electron chi connectivity index (χ4n) is 1.73. The van der Waals surface area contributed by atoms with Crippen LogP contribution in [0, 0.1) is 0 Å². The minimum absolute atomic E-state index is 0.0866. The van der Waals surface area contributed by atoms with E-state index in [1.807, 2.05) is 36.4 Å². The zero-order valence-electron chi connectivity index (χ0n) is 9.70. The first kappa shape index (κ1) is 13.3. The highest BCUT2D eigenvalue weighted by Crippen LogP contribution is 2.18. The molecule has 0 aliphatic heterocycles. The van der Waals surface area contributed by atoms with Crippen molar-refractivity contribution in [2.45, 2.75) is 12.8 Å². The lowest BCUT2D eigenvalue weighted by Gasteiger charge is -2.04. The molecular weight excluding hydrogens is 312 g/mol. The first-order chi connectivity index (χ1) is 8.66. The molecule has 2 aromatic carbocycles. The minimum atomic E-state index is 0.0866. The Labute approximate surface area is 120 Å². The monoisotopic (exact) mass is 322 g/mol. The Morgan fingerprint density at radius 1 is 1.06 bits per heavy atom. The second kappa shape index (κ2) is 6.17. The van der Waals surface area contributed by atoms with Crippen LogP contribution >= 0.6 is 27.5 Å². The van der Waals surface area contributed by atoms with Crippen LogP contribution in [0.5, 0.6) is 0 Å². The molecule has 0 unspecified atom stereocenters. The van der Waals surface area contributed by atoms with Crippen molar-refractivity contribution in [3.63, 3.8) is 0 Å². The van der Waals surface area contributed by atoms with Crippen molar-refractivity contribution in [2.24, 2.45) is 0 Å². The van der Waals surface area contributed by atoms with E-state index in [0.717, 1.165) is 16.5 Å². The van der Waals surface area contributed by atoms with Gasteiger partial charge in [-0.3, -0.25) is 4.79 Å². The Hall–Kier alpha value is -1.12. The summed E-state index contributed by atoms with van der Waals surface area (Å²) in [5.74, 6) is 0.0866. The number of carbonyl (C=O) groups is 1. The highest BCUT2D eigenvalue weighted by molar-refractivity contribution is 9.10. The topological polar surface area (TPSA) is 17.1 Å². The summed E-state index contributed by atoms with van der Waals surface area (Å²) in [5, 5.41) is 0.526. The number of aryl methyl sites for hydroxylation is 1. The van der Waals surface area contributed by atoms with E-state index in [0.29, 0.717) is 17.0 Å².